The summed E-state index contributed by atoms with van der Waals surface area (Å²) in [7, 11) is 0. The normalized spacial score (nSPS) is 10.4. The molecule has 3 aromatic rings. The lowest BCUT2D eigenvalue weighted by atomic mass is 10.2. The fourth-order valence-corrected chi connectivity index (χ4v) is 3.30. The van der Waals surface area contributed by atoms with Crippen LogP contribution in [0.25, 0.3) is 0 Å². The van der Waals surface area contributed by atoms with Gasteiger partial charge in [0.25, 0.3) is 0 Å². The van der Waals surface area contributed by atoms with Crippen LogP contribution in [0.1, 0.15) is 0 Å². The predicted molar refractivity (Wildman–Crippen MR) is 113 cm³/mol. The Kier molecular flexibility index (Phi) is 5.82. The van der Waals surface area contributed by atoms with Crippen LogP contribution in [0.5, 0.6) is 0 Å². The lowest BCUT2D eigenvalue weighted by Gasteiger charge is -2.26. The first kappa shape index (κ1) is 18.0. The number of halogens is 3. The van der Waals surface area contributed by atoms with Gasteiger partial charge in [-0.05, 0) is 60.7 Å². The molecule has 0 saturated heterocycles. The van der Waals surface area contributed by atoms with E-state index in [2.05, 4.69) is 5.32 Å². The third-order valence-electron chi connectivity index (χ3n) is 3.46. The molecule has 0 atom stereocenters. The molecule has 0 amide bonds. The van der Waals surface area contributed by atoms with Gasteiger partial charge in [-0.3, -0.25) is 4.90 Å². The van der Waals surface area contributed by atoms with Crippen molar-refractivity contribution in [2.24, 2.45) is 0 Å². The van der Waals surface area contributed by atoms with Crippen LogP contribution in [-0.4, -0.2) is 5.11 Å². The van der Waals surface area contributed by atoms with Crippen LogP contribution < -0.4 is 10.2 Å². The smallest absolute Gasteiger partial charge is 0.182 e. The number of anilines is 3. The molecule has 0 aliphatic rings. The van der Waals surface area contributed by atoms with Crippen molar-refractivity contribution in [2.45, 2.75) is 0 Å². The lowest BCUT2D eigenvalue weighted by molar-refractivity contribution is 1.35. The van der Waals surface area contributed by atoms with Gasteiger partial charge in [0.15, 0.2) is 5.11 Å². The fourth-order valence-electron chi connectivity index (χ4n) is 2.34. The Labute approximate surface area is 166 Å². The minimum absolute atomic E-state index is 0.470. The second kappa shape index (κ2) is 8.07. The molecule has 0 aliphatic carbocycles. The van der Waals surface area contributed by atoms with Crippen LogP contribution in [0, 0.1) is 0 Å². The highest BCUT2D eigenvalue weighted by Crippen LogP contribution is 2.30. The largest absolute Gasteiger partial charge is 0.331 e. The topological polar surface area (TPSA) is 15.3 Å². The number of para-hydroxylation sites is 1. The quantitative estimate of drug-likeness (QED) is 0.463. The van der Waals surface area contributed by atoms with E-state index in [9.17, 15) is 0 Å². The molecule has 0 spiro atoms. The molecule has 0 aliphatic heterocycles. The molecular formula is C19H13Cl3N2S. The maximum Gasteiger partial charge on any atom is 0.182 e. The van der Waals surface area contributed by atoms with Crippen molar-refractivity contribution in [2.75, 3.05) is 10.2 Å². The van der Waals surface area contributed by atoms with Crippen molar-refractivity contribution in [1.29, 1.82) is 0 Å². The standard InChI is InChI=1S/C19H13Cl3N2S/c20-13-5-4-8-16(11-13)24(15-6-2-1-3-7-15)19(25)23-18-10-9-14(21)12-17(18)22/h1-12H,(H,23,25). The highest BCUT2D eigenvalue weighted by Gasteiger charge is 2.16. The van der Waals surface area contributed by atoms with Crippen molar-refractivity contribution >= 4 is 69.2 Å². The molecular weight excluding hydrogens is 395 g/mol. The van der Waals surface area contributed by atoms with Gasteiger partial charge in [0.1, 0.15) is 0 Å². The molecule has 3 rings (SSSR count). The Bertz CT molecular complexity index is 900. The number of hydrogen-bond donors (Lipinski definition) is 1. The van der Waals surface area contributed by atoms with Crippen molar-refractivity contribution in [3.63, 3.8) is 0 Å². The number of rotatable bonds is 3. The minimum Gasteiger partial charge on any atom is -0.331 e. The Morgan fingerprint density at radius 1 is 0.760 bits per heavy atom. The summed E-state index contributed by atoms with van der Waals surface area (Å²) >= 11 is 24.0. The van der Waals surface area contributed by atoms with Gasteiger partial charge in [0, 0.05) is 21.4 Å². The lowest BCUT2D eigenvalue weighted by Crippen LogP contribution is -2.30. The van der Waals surface area contributed by atoms with Gasteiger partial charge in [-0.15, -0.1) is 0 Å². The molecule has 0 aromatic heterocycles. The van der Waals surface area contributed by atoms with Crippen LogP contribution in [-0.2, 0) is 0 Å². The first-order valence-electron chi connectivity index (χ1n) is 7.41. The number of thiocarbonyl (C=S) groups is 1. The molecule has 0 saturated carbocycles. The molecule has 0 bridgehead atoms. The molecule has 0 heterocycles. The number of hydrogen-bond acceptors (Lipinski definition) is 1. The monoisotopic (exact) mass is 406 g/mol. The Morgan fingerprint density at radius 2 is 1.44 bits per heavy atom. The molecule has 25 heavy (non-hydrogen) atoms. The Morgan fingerprint density at radius 3 is 2.12 bits per heavy atom. The summed E-state index contributed by atoms with van der Waals surface area (Å²) in [6.45, 7) is 0. The SMILES string of the molecule is S=C(Nc1ccc(Cl)cc1Cl)N(c1ccccc1)c1cccc(Cl)c1. The van der Waals surface area contributed by atoms with E-state index in [1.54, 1.807) is 18.2 Å². The maximum atomic E-state index is 6.25. The van der Waals surface area contributed by atoms with E-state index in [0.29, 0.717) is 25.9 Å². The number of nitrogens with zero attached hydrogens (tertiary/aromatic N) is 1. The average molecular weight is 408 g/mol. The predicted octanol–water partition coefficient (Wildman–Crippen LogP) is 7.18. The van der Waals surface area contributed by atoms with E-state index in [4.69, 9.17) is 47.0 Å². The molecule has 0 radical (unpaired) electrons. The van der Waals surface area contributed by atoms with Gasteiger partial charge in [-0.1, -0.05) is 59.1 Å². The molecule has 1 N–H and O–H groups in total. The molecule has 3 aromatic carbocycles. The Hall–Kier alpha value is -1.78. The van der Waals surface area contributed by atoms with Gasteiger partial charge in [0.2, 0.25) is 0 Å². The second-order valence-electron chi connectivity index (χ2n) is 5.21. The van der Waals surface area contributed by atoms with E-state index in [-0.39, 0.29) is 0 Å². The van der Waals surface area contributed by atoms with E-state index < -0.39 is 0 Å². The van der Waals surface area contributed by atoms with E-state index >= 15 is 0 Å². The zero-order valence-electron chi connectivity index (χ0n) is 12.9. The van der Waals surface area contributed by atoms with Gasteiger partial charge >= 0.3 is 0 Å². The van der Waals surface area contributed by atoms with Gasteiger partial charge < -0.3 is 5.32 Å². The van der Waals surface area contributed by atoms with E-state index in [0.717, 1.165) is 11.4 Å². The second-order valence-corrected chi connectivity index (χ2v) is 6.87. The van der Waals surface area contributed by atoms with E-state index in [1.165, 1.54) is 0 Å². The summed E-state index contributed by atoms with van der Waals surface area (Å²) in [5, 5.41) is 5.34. The van der Waals surface area contributed by atoms with Crippen LogP contribution in [0.15, 0.2) is 72.8 Å². The van der Waals surface area contributed by atoms with Crippen LogP contribution in [0.4, 0.5) is 17.1 Å². The molecule has 0 fully saturated rings. The first-order chi connectivity index (χ1) is 12.0. The molecule has 0 unspecified atom stereocenters. The van der Waals surface area contributed by atoms with E-state index in [1.807, 2.05) is 59.5 Å². The third-order valence-corrected chi connectivity index (χ3v) is 4.52. The summed E-state index contributed by atoms with van der Waals surface area (Å²) < 4.78 is 0. The van der Waals surface area contributed by atoms with Gasteiger partial charge in [0.05, 0.1) is 10.7 Å². The summed E-state index contributed by atoms with van der Waals surface area (Å²) in [6, 6.07) is 22.5. The van der Waals surface area contributed by atoms with Crippen molar-refractivity contribution in [3.8, 4) is 0 Å². The fraction of sp³-hybridized carbons (Fsp3) is 0. The maximum absolute atomic E-state index is 6.25. The first-order valence-corrected chi connectivity index (χ1v) is 8.95. The van der Waals surface area contributed by atoms with Crippen LogP contribution >= 0.6 is 47.0 Å². The summed E-state index contributed by atoms with van der Waals surface area (Å²) in [6.07, 6.45) is 0. The number of nitrogens with one attached hydrogen (secondary N) is 1. The molecule has 126 valence electrons. The van der Waals surface area contributed by atoms with Crippen LogP contribution in [0.2, 0.25) is 15.1 Å². The summed E-state index contributed by atoms with van der Waals surface area (Å²) in [5.41, 5.74) is 2.44. The molecule has 6 heteroatoms. The minimum atomic E-state index is 0.470. The zero-order valence-corrected chi connectivity index (χ0v) is 16.0. The highest BCUT2D eigenvalue weighted by atomic mass is 35.5. The van der Waals surface area contributed by atoms with Crippen molar-refractivity contribution < 1.29 is 0 Å². The van der Waals surface area contributed by atoms with Crippen molar-refractivity contribution in [1.82, 2.24) is 0 Å². The number of benzene rings is 3. The summed E-state index contributed by atoms with van der Waals surface area (Å²) in [5.74, 6) is 0. The Balaban J connectivity index is 1.98. The molecule has 2 nitrogen and oxygen atoms in total. The van der Waals surface area contributed by atoms with Gasteiger partial charge in [-0.2, -0.15) is 0 Å². The zero-order chi connectivity index (χ0) is 17.8. The highest BCUT2D eigenvalue weighted by molar-refractivity contribution is 7.80. The third kappa shape index (κ3) is 4.44. The van der Waals surface area contributed by atoms with Gasteiger partial charge in [-0.25, -0.2) is 0 Å². The average Bonchev–Trinajstić information content (AvgIpc) is 2.59. The summed E-state index contributed by atoms with van der Waals surface area (Å²) in [4.78, 5) is 1.89. The van der Waals surface area contributed by atoms with Crippen molar-refractivity contribution in [3.05, 3.63) is 87.9 Å². The van der Waals surface area contributed by atoms with Crippen LogP contribution in [0.3, 0.4) is 0 Å².